The Bertz CT molecular complexity index is 1300. The number of halogens is 3. The molecule has 0 bridgehead atoms. The van der Waals surface area contributed by atoms with Gasteiger partial charge in [0.2, 0.25) is 0 Å². The van der Waals surface area contributed by atoms with Crippen molar-refractivity contribution in [3.63, 3.8) is 0 Å². The molecule has 1 aliphatic carbocycles. The number of hydrogen-bond acceptors (Lipinski definition) is 6. The average Bonchev–Trinajstić information content (AvgIpc) is 3.66. The van der Waals surface area contributed by atoms with Crippen molar-refractivity contribution >= 4 is 23.2 Å². The van der Waals surface area contributed by atoms with Crippen LogP contribution < -0.4 is 11.1 Å². The van der Waals surface area contributed by atoms with Gasteiger partial charge in [0.15, 0.2) is 11.5 Å². The molecule has 0 amide bonds. The fourth-order valence-corrected chi connectivity index (χ4v) is 3.67. The number of aliphatic carboxylic acids is 1. The predicted octanol–water partition coefficient (Wildman–Crippen LogP) is 4.11. The molecule has 8 nitrogen and oxygen atoms in total. The lowest BCUT2D eigenvalue weighted by Crippen LogP contribution is -2.19. The number of anilines is 1. The highest BCUT2D eigenvalue weighted by atomic mass is 19.4. The number of nitrogens with one attached hydrogen (secondary N) is 1. The first-order chi connectivity index (χ1) is 16.7. The number of benzene rings is 1. The third-order valence-electron chi connectivity index (χ3n) is 5.79. The van der Waals surface area contributed by atoms with Crippen LogP contribution in [-0.4, -0.2) is 38.9 Å². The number of pyridine rings is 1. The molecule has 1 aromatic carbocycles. The Hall–Kier alpha value is -4.28. The van der Waals surface area contributed by atoms with Crippen LogP contribution in [-0.2, 0) is 16.4 Å². The van der Waals surface area contributed by atoms with Gasteiger partial charge in [-0.3, -0.25) is 19.8 Å². The van der Waals surface area contributed by atoms with E-state index in [-0.39, 0.29) is 11.7 Å². The fraction of sp³-hybridized carbons (Fsp3) is 0.208. The first kappa shape index (κ1) is 23.9. The zero-order valence-electron chi connectivity index (χ0n) is 18.5. The first-order valence-electron chi connectivity index (χ1n) is 10.5. The second-order valence-corrected chi connectivity index (χ2v) is 7.96. The molecule has 0 radical (unpaired) electrons. The van der Waals surface area contributed by atoms with Crippen LogP contribution in [0.3, 0.4) is 0 Å². The van der Waals surface area contributed by atoms with Crippen molar-refractivity contribution in [3.8, 4) is 11.1 Å². The Balaban J connectivity index is 1.53. The molecule has 1 aliphatic rings. The van der Waals surface area contributed by atoms with Crippen LogP contribution in [0, 0.1) is 0 Å². The van der Waals surface area contributed by atoms with E-state index in [1.165, 1.54) is 13.2 Å². The maximum Gasteiger partial charge on any atom is 0.434 e. The summed E-state index contributed by atoms with van der Waals surface area (Å²) in [5.74, 6) is -0.795. The molecule has 180 valence electrons. The number of carbonyl (C=O) groups is 1. The standard InChI is InChI=1S/C24H21F3N6O2/c1-29-21(33-20-13-30-12-19(32-20)24(25,26)27)17(10-28)18-7-4-15(11-31-18)14-2-5-16(6-3-14)23(8-9-23)22(34)35/h2-7,10-13H,8-9,28H2,1H3,(H,34,35)(H,29,32,33). The van der Waals surface area contributed by atoms with Gasteiger partial charge in [0.1, 0.15) is 5.84 Å². The number of rotatable bonds is 6. The molecule has 0 saturated heterocycles. The van der Waals surface area contributed by atoms with Gasteiger partial charge in [0.25, 0.3) is 0 Å². The molecule has 2 aromatic heterocycles. The van der Waals surface area contributed by atoms with E-state index in [0.717, 1.165) is 22.9 Å². The van der Waals surface area contributed by atoms with Crippen LogP contribution in [0.2, 0.25) is 0 Å². The van der Waals surface area contributed by atoms with Crippen LogP contribution in [0.25, 0.3) is 16.7 Å². The molecule has 1 fully saturated rings. The summed E-state index contributed by atoms with van der Waals surface area (Å²) in [5.41, 5.74) is 7.09. The van der Waals surface area contributed by atoms with Crippen molar-refractivity contribution in [1.29, 1.82) is 0 Å². The van der Waals surface area contributed by atoms with Crippen molar-refractivity contribution < 1.29 is 23.1 Å². The number of nitrogens with two attached hydrogens (primary N) is 1. The molecular weight excluding hydrogens is 461 g/mol. The van der Waals surface area contributed by atoms with E-state index in [4.69, 9.17) is 5.73 Å². The van der Waals surface area contributed by atoms with E-state index in [1.807, 2.05) is 30.3 Å². The topological polar surface area (TPSA) is 126 Å². The highest BCUT2D eigenvalue weighted by Crippen LogP contribution is 2.48. The number of carboxylic acids is 1. The lowest BCUT2D eigenvalue weighted by Gasteiger charge is -2.14. The number of aromatic nitrogens is 3. The SMILES string of the molecule is CN=C(Nc1cncc(C(F)(F)F)n1)C(=CN)c1ccc(-c2ccc(C3(C(=O)O)CC3)cc2)cn1. The van der Waals surface area contributed by atoms with Gasteiger partial charge in [-0.1, -0.05) is 30.3 Å². The molecule has 4 rings (SSSR count). The smallest absolute Gasteiger partial charge is 0.434 e. The molecule has 35 heavy (non-hydrogen) atoms. The van der Waals surface area contributed by atoms with E-state index in [2.05, 4.69) is 25.3 Å². The summed E-state index contributed by atoms with van der Waals surface area (Å²) in [6.07, 6.45) is 1.27. The molecule has 2 heterocycles. The monoisotopic (exact) mass is 482 g/mol. The quantitative estimate of drug-likeness (QED) is 0.356. The molecule has 0 aliphatic heterocycles. The number of hydrogen-bond donors (Lipinski definition) is 3. The van der Waals surface area contributed by atoms with E-state index >= 15 is 0 Å². The average molecular weight is 482 g/mol. The summed E-state index contributed by atoms with van der Waals surface area (Å²) in [7, 11) is 1.45. The summed E-state index contributed by atoms with van der Waals surface area (Å²) >= 11 is 0. The summed E-state index contributed by atoms with van der Waals surface area (Å²) < 4.78 is 38.8. The Kier molecular flexibility index (Phi) is 6.25. The highest BCUT2D eigenvalue weighted by Gasteiger charge is 2.51. The van der Waals surface area contributed by atoms with Gasteiger partial charge in [-0.25, -0.2) is 4.98 Å². The van der Waals surface area contributed by atoms with Crippen LogP contribution in [0.5, 0.6) is 0 Å². The Morgan fingerprint density at radius 2 is 1.80 bits per heavy atom. The zero-order chi connectivity index (χ0) is 25.2. The summed E-state index contributed by atoms with van der Waals surface area (Å²) in [5, 5.41) is 12.2. The fourth-order valence-electron chi connectivity index (χ4n) is 3.67. The molecule has 4 N–H and O–H groups in total. The number of nitrogens with zero attached hydrogens (tertiary/aromatic N) is 4. The van der Waals surface area contributed by atoms with Gasteiger partial charge < -0.3 is 16.2 Å². The Morgan fingerprint density at radius 1 is 1.11 bits per heavy atom. The second kappa shape index (κ2) is 9.16. The van der Waals surface area contributed by atoms with Crippen molar-refractivity contribution in [3.05, 3.63) is 78.1 Å². The number of amidine groups is 1. The lowest BCUT2D eigenvalue weighted by molar-refractivity contribution is -0.141. The maximum absolute atomic E-state index is 12.9. The van der Waals surface area contributed by atoms with Crippen LogP contribution in [0.15, 0.2) is 66.2 Å². The normalized spacial score (nSPS) is 15.5. The Labute approximate surface area is 198 Å². The van der Waals surface area contributed by atoms with Crippen molar-refractivity contribution in [2.75, 3.05) is 12.4 Å². The molecular formula is C24H21F3N6O2. The van der Waals surface area contributed by atoms with Crippen molar-refractivity contribution in [1.82, 2.24) is 15.0 Å². The minimum Gasteiger partial charge on any atom is -0.481 e. The van der Waals surface area contributed by atoms with Crippen molar-refractivity contribution in [2.24, 2.45) is 10.7 Å². The molecule has 3 aromatic rings. The molecule has 11 heteroatoms. The van der Waals surface area contributed by atoms with E-state index in [9.17, 15) is 23.1 Å². The molecule has 1 saturated carbocycles. The molecule has 0 unspecified atom stereocenters. The minimum absolute atomic E-state index is 0.147. The molecule has 0 spiro atoms. The van der Waals surface area contributed by atoms with E-state index in [0.29, 0.717) is 30.3 Å². The minimum atomic E-state index is -4.64. The first-order valence-corrected chi connectivity index (χ1v) is 10.5. The third-order valence-corrected chi connectivity index (χ3v) is 5.79. The zero-order valence-corrected chi connectivity index (χ0v) is 18.5. The molecule has 0 atom stereocenters. The van der Waals surface area contributed by atoms with Crippen LogP contribution in [0.4, 0.5) is 19.0 Å². The van der Waals surface area contributed by atoms with Gasteiger partial charge in [-0.15, -0.1) is 0 Å². The van der Waals surface area contributed by atoms with Crippen LogP contribution >= 0.6 is 0 Å². The highest BCUT2D eigenvalue weighted by molar-refractivity contribution is 6.27. The maximum atomic E-state index is 12.9. The number of aliphatic imine (C=N–C) groups is 1. The number of carboxylic acid groups (broad SMARTS) is 1. The predicted molar refractivity (Wildman–Crippen MR) is 124 cm³/mol. The largest absolute Gasteiger partial charge is 0.481 e. The van der Waals surface area contributed by atoms with Gasteiger partial charge in [-0.05, 0) is 30.0 Å². The third kappa shape index (κ3) is 4.84. The Morgan fingerprint density at radius 3 is 2.31 bits per heavy atom. The van der Waals surface area contributed by atoms with Gasteiger partial charge >= 0.3 is 12.1 Å². The van der Waals surface area contributed by atoms with E-state index in [1.54, 1.807) is 12.3 Å². The van der Waals surface area contributed by atoms with E-state index < -0.39 is 23.3 Å². The van der Waals surface area contributed by atoms with Gasteiger partial charge in [-0.2, -0.15) is 13.2 Å². The second-order valence-electron chi connectivity index (χ2n) is 7.96. The van der Waals surface area contributed by atoms with Crippen LogP contribution in [0.1, 0.15) is 29.8 Å². The number of alkyl halides is 3. The van der Waals surface area contributed by atoms with Gasteiger partial charge in [0, 0.05) is 25.0 Å². The summed E-state index contributed by atoms with van der Waals surface area (Å²) in [6, 6.07) is 10.8. The lowest BCUT2D eigenvalue weighted by atomic mass is 9.94. The van der Waals surface area contributed by atoms with Crippen molar-refractivity contribution in [2.45, 2.75) is 24.4 Å². The summed E-state index contributed by atoms with van der Waals surface area (Å²) in [4.78, 5) is 27.1. The van der Waals surface area contributed by atoms with Gasteiger partial charge in [0.05, 0.1) is 29.1 Å². The summed E-state index contributed by atoms with van der Waals surface area (Å²) in [6.45, 7) is 0.